The van der Waals surface area contributed by atoms with E-state index in [0.717, 1.165) is 33.6 Å². The Morgan fingerprint density at radius 1 is 0.870 bits per heavy atom. The molecule has 0 amide bonds. The van der Waals surface area contributed by atoms with E-state index in [9.17, 15) is 0 Å². The largest absolute Gasteiger partial charge is 0.489 e. The quantitative estimate of drug-likeness (QED) is 0.600. The molecule has 0 aliphatic rings. The number of hydrogen-bond donors (Lipinski definition) is 0. The third-order valence-corrected chi connectivity index (χ3v) is 3.66. The zero-order valence-electron chi connectivity index (χ0n) is 13.1. The molecular weight excluding hydrogens is 280 g/mol. The van der Waals surface area contributed by atoms with Gasteiger partial charge in [0, 0.05) is 5.56 Å². The molecule has 0 atom stereocenters. The van der Waals surface area contributed by atoms with Crippen molar-refractivity contribution in [1.29, 1.82) is 0 Å². The fourth-order valence-corrected chi connectivity index (χ4v) is 2.54. The molecule has 0 saturated heterocycles. The Morgan fingerprint density at radius 3 is 2.48 bits per heavy atom. The molecule has 0 spiro atoms. The Labute approximate surface area is 137 Å². The normalized spacial score (nSPS) is 10.1. The summed E-state index contributed by atoms with van der Waals surface area (Å²) in [6.45, 7) is 2.62. The van der Waals surface area contributed by atoms with Gasteiger partial charge in [0.1, 0.15) is 12.4 Å². The van der Waals surface area contributed by atoms with Gasteiger partial charge in [-0.05, 0) is 53.4 Å². The van der Waals surface area contributed by atoms with E-state index in [4.69, 9.17) is 11.2 Å². The van der Waals surface area contributed by atoms with Crippen molar-refractivity contribution >= 4 is 0 Å². The lowest BCUT2D eigenvalue weighted by molar-refractivity contribution is 0.306. The number of terminal acetylenes is 1. The number of ether oxygens (including phenoxy) is 1. The van der Waals surface area contributed by atoms with Gasteiger partial charge in [0.15, 0.2) is 0 Å². The molecule has 0 heterocycles. The van der Waals surface area contributed by atoms with Crippen molar-refractivity contribution in [2.24, 2.45) is 0 Å². The first-order valence-electron chi connectivity index (χ1n) is 7.60. The highest BCUT2D eigenvalue weighted by molar-refractivity contribution is 5.67. The van der Waals surface area contributed by atoms with Crippen molar-refractivity contribution in [3.05, 3.63) is 89.5 Å². The average Bonchev–Trinajstić information content (AvgIpc) is 2.60. The van der Waals surface area contributed by atoms with Gasteiger partial charge in [0.2, 0.25) is 0 Å². The molecule has 0 unspecified atom stereocenters. The van der Waals surface area contributed by atoms with Crippen LogP contribution in [-0.2, 0) is 6.61 Å². The maximum absolute atomic E-state index is 5.90. The molecular formula is C22H18O. The summed E-state index contributed by atoms with van der Waals surface area (Å²) in [6, 6.07) is 24.4. The molecule has 23 heavy (non-hydrogen) atoms. The monoisotopic (exact) mass is 298 g/mol. The molecule has 0 aliphatic heterocycles. The second-order valence-electron chi connectivity index (χ2n) is 5.53. The molecule has 1 heteroatoms. The van der Waals surface area contributed by atoms with E-state index in [1.165, 1.54) is 0 Å². The maximum Gasteiger partial charge on any atom is 0.120 e. The second kappa shape index (κ2) is 6.85. The van der Waals surface area contributed by atoms with Gasteiger partial charge in [-0.2, -0.15) is 0 Å². The third-order valence-electron chi connectivity index (χ3n) is 3.66. The average molecular weight is 298 g/mol. The highest BCUT2D eigenvalue weighted by Gasteiger charge is 2.03. The minimum absolute atomic E-state index is 0.563. The van der Waals surface area contributed by atoms with Crippen molar-refractivity contribution < 1.29 is 4.74 Å². The van der Waals surface area contributed by atoms with E-state index >= 15 is 0 Å². The van der Waals surface area contributed by atoms with Crippen LogP contribution in [0.5, 0.6) is 5.75 Å². The summed E-state index contributed by atoms with van der Waals surface area (Å²) in [4.78, 5) is 0. The van der Waals surface area contributed by atoms with Gasteiger partial charge in [-0.3, -0.25) is 0 Å². The Hall–Kier alpha value is -2.98. The van der Waals surface area contributed by atoms with Crippen LogP contribution in [0.25, 0.3) is 11.1 Å². The molecule has 0 fully saturated rings. The Morgan fingerprint density at radius 2 is 1.70 bits per heavy atom. The van der Waals surface area contributed by atoms with Gasteiger partial charge in [-0.15, -0.1) is 6.42 Å². The minimum atomic E-state index is 0.563. The first-order chi connectivity index (χ1) is 11.2. The van der Waals surface area contributed by atoms with Gasteiger partial charge in [0.05, 0.1) is 0 Å². The lowest BCUT2D eigenvalue weighted by Gasteiger charge is -2.09. The summed E-state index contributed by atoms with van der Waals surface area (Å²) in [6.07, 6.45) is 5.53. The zero-order chi connectivity index (χ0) is 16.1. The van der Waals surface area contributed by atoms with Gasteiger partial charge >= 0.3 is 0 Å². The zero-order valence-corrected chi connectivity index (χ0v) is 13.1. The number of aryl methyl sites for hydroxylation is 1. The van der Waals surface area contributed by atoms with Crippen LogP contribution >= 0.6 is 0 Å². The number of hydrogen-bond acceptors (Lipinski definition) is 1. The standard InChI is InChI=1S/C22H18O/c1-3-18-12-17(2)13-21(14-18)20-10-7-11-22(15-20)23-16-19-8-5-4-6-9-19/h1,4-15H,16H2,2H3. The van der Waals surface area contributed by atoms with Crippen LogP contribution in [0, 0.1) is 19.3 Å². The van der Waals surface area contributed by atoms with Crippen molar-refractivity contribution in [2.45, 2.75) is 13.5 Å². The van der Waals surface area contributed by atoms with Gasteiger partial charge in [-0.1, -0.05) is 54.5 Å². The van der Waals surface area contributed by atoms with E-state index in [1.54, 1.807) is 0 Å². The van der Waals surface area contributed by atoms with Crippen molar-refractivity contribution in [3.63, 3.8) is 0 Å². The molecule has 0 saturated carbocycles. The first kappa shape index (κ1) is 14.9. The third kappa shape index (κ3) is 3.81. The van der Waals surface area contributed by atoms with Gasteiger partial charge < -0.3 is 4.74 Å². The van der Waals surface area contributed by atoms with Crippen LogP contribution in [0.2, 0.25) is 0 Å². The smallest absolute Gasteiger partial charge is 0.120 e. The van der Waals surface area contributed by atoms with E-state index in [2.05, 4.69) is 43.2 Å². The summed E-state index contributed by atoms with van der Waals surface area (Å²) in [5, 5.41) is 0. The Kier molecular flexibility index (Phi) is 4.45. The first-order valence-corrected chi connectivity index (χ1v) is 7.60. The lowest BCUT2D eigenvalue weighted by atomic mass is 10.0. The summed E-state index contributed by atoms with van der Waals surface area (Å²) >= 11 is 0. The Bertz CT molecular complexity index is 841. The van der Waals surface area contributed by atoms with E-state index in [1.807, 2.05) is 42.5 Å². The predicted molar refractivity (Wildman–Crippen MR) is 95.3 cm³/mol. The van der Waals surface area contributed by atoms with Gasteiger partial charge in [0.25, 0.3) is 0 Å². The van der Waals surface area contributed by atoms with Crippen LogP contribution in [0.15, 0.2) is 72.8 Å². The number of benzene rings is 3. The Balaban J connectivity index is 1.83. The summed E-state index contributed by atoms with van der Waals surface area (Å²) in [5.74, 6) is 3.56. The maximum atomic E-state index is 5.90. The van der Waals surface area contributed by atoms with Crippen molar-refractivity contribution in [3.8, 4) is 29.2 Å². The molecule has 3 aromatic rings. The molecule has 0 aromatic heterocycles. The van der Waals surface area contributed by atoms with E-state index < -0.39 is 0 Å². The highest BCUT2D eigenvalue weighted by atomic mass is 16.5. The fraction of sp³-hybridized carbons (Fsp3) is 0.0909. The molecule has 0 bridgehead atoms. The van der Waals surface area contributed by atoms with Crippen LogP contribution in [-0.4, -0.2) is 0 Å². The molecule has 3 aromatic carbocycles. The second-order valence-corrected chi connectivity index (χ2v) is 5.53. The molecule has 1 nitrogen and oxygen atoms in total. The highest BCUT2D eigenvalue weighted by Crippen LogP contribution is 2.26. The number of rotatable bonds is 4. The van der Waals surface area contributed by atoms with Crippen LogP contribution in [0.3, 0.4) is 0 Å². The lowest BCUT2D eigenvalue weighted by Crippen LogP contribution is -1.95. The van der Waals surface area contributed by atoms with E-state index in [0.29, 0.717) is 6.61 Å². The molecule has 0 aliphatic carbocycles. The SMILES string of the molecule is C#Cc1cc(C)cc(-c2cccc(OCc3ccccc3)c2)c1. The molecule has 0 radical (unpaired) electrons. The molecule has 3 rings (SSSR count). The van der Waals surface area contributed by atoms with E-state index in [-0.39, 0.29) is 0 Å². The van der Waals surface area contributed by atoms with Gasteiger partial charge in [-0.25, -0.2) is 0 Å². The molecule has 112 valence electrons. The minimum Gasteiger partial charge on any atom is -0.489 e. The summed E-state index contributed by atoms with van der Waals surface area (Å²) < 4.78 is 5.90. The van der Waals surface area contributed by atoms with Crippen molar-refractivity contribution in [1.82, 2.24) is 0 Å². The van der Waals surface area contributed by atoms with Crippen LogP contribution in [0.4, 0.5) is 0 Å². The summed E-state index contributed by atoms with van der Waals surface area (Å²) in [5.41, 5.74) is 5.43. The van der Waals surface area contributed by atoms with Crippen LogP contribution in [0.1, 0.15) is 16.7 Å². The fourth-order valence-electron chi connectivity index (χ4n) is 2.54. The van der Waals surface area contributed by atoms with Crippen molar-refractivity contribution in [2.75, 3.05) is 0 Å². The van der Waals surface area contributed by atoms with Crippen LogP contribution < -0.4 is 4.74 Å². The topological polar surface area (TPSA) is 9.23 Å². The predicted octanol–water partition coefficient (Wildman–Crippen LogP) is 5.22. The summed E-state index contributed by atoms with van der Waals surface area (Å²) in [7, 11) is 0. The molecule has 0 N–H and O–H groups in total.